The summed E-state index contributed by atoms with van der Waals surface area (Å²) in [5.41, 5.74) is 8.16. The second kappa shape index (κ2) is 5.40. The van der Waals surface area contributed by atoms with Crippen LogP contribution in [-0.4, -0.2) is 12.6 Å². The molecule has 0 amide bonds. The van der Waals surface area contributed by atoms with Gasteiger partial charge < -0.3 is 10.6 Å². The van der Waals surface area contributed by atoms with E-state index in [4.69, 9.17) is 5.73 Å². The fraction of sp³-hybridized carbons (Fsp3) is 0.571. The fourth-order valence-corrected chi connectivity index (χ4v) is 2.60. The Balaban J connectivity index is 2.19. The molecule has 1 fully saturated rings. The second-order valence-electron chi connectivity index (χ2n) is 5.17. The largest absolute Gasteiger partial charge is 0.369 e. The number of hydrogen-bond donors (Lipinski definition) is 1. The van der Waals surface area contributed by atoms with Gasteiger partial charge in [-0.15, -0.1) is 0 Å². The summed E-state index contributed by atoms with van der Waals surface area (Å²) in [7, 11) is 0. The van der Waals surface area contributed by atoms with Gasteiger partial charge in [-0.05, 0) is 50.3 Å². The highest BCUT2D eigenvalue weighted by Crippen LogP contribution is 2.33. The number of nitrogens with zero attached hydrogens (tertiary/aromatic N) is 1. The van der Waals surface area contributed by atoms with Gasteiger partial charge in [0.1, 0.15) is 0 Å². The van der Waals surface area contributed by atoms with Gasteiger partial charge in [0.2, 0.25) is 0 Å². The smallest absolute Gasteiger partial charge is 0.0380 e. The minimum absolute atomic E-state index is 0.547. The molecule has 0 saturated heterocycles. The standard InChI is InChI=1S/C14H21BrN2/c1-10(2)17(9-11-3-4-11)13-6-5-12(8-16)14(15)7-13/h5-7,10-11H,3-4,8-9,16H2,1-2H3. The molecule has 1 aromatic rings. The average Bonchev–Trinajstić information content (AvgIpc) is 3.09. The summed E-state index contributed by atoms with van der Waals surface area (Å²) in [5.74, 6) is 0.908. The SMILES string of the molecule is CC(C)N(CC1CC1)c1ccc(CN)c(Br)c1. The molecule has 0 radical (unpaired) electrons. The van der Waals surface area contributed by atoms with E-state index in [0.717, 1.165) is 10.4 Å². The van der Waals surface area contributed by atoms with Crippen molar-refractivity contribution < 1.29 is 0 Å². The van der Waals surface area contributed by atoms with Gasteiger partial charge in [-0.2, -0.15) is 0 Å². The normalized spacial score (nSPS) is 15.4. The Bertz CT molecular complexity index is 386. The van der Waals surface area contributed by atoms with Crippen molar-refractivity contribution in [3.05, 3.63) is 28.2 Å². The maximum absolute atomic E-state index is 5.68. The van der Waals surface area contributed by atoms with Gasteiger partial charge >= 0.3 is 0 Å². The summed E-state index contributed by atoms with van der Waals surface area (Å²) in [5, 5.41) is 0. The van der Waals surface area contributed by atoms with Crippen LogP contribution in [0, 0.1) is 5.92 Å². The molecule has 2 nitrogen and oxygen atoms in total. The molecule has 0 heterocycles. The van der Waals surface area contributed by atoms with Crippen molar-refractivity contribution in [3.8, 4) is 0 Å². The van der Waals surface area contributed by atoms with E-state index in [9.17, 15) is 0 Å². The van der Waals surface area contributed by atoms with Gasteiger partial charge in [-0.1, -0.05) is 22.0 Å². The van der Waals surface area contributed by atoms with Crippen LogP contribution >= 0.6 is 15.9 Å². The third-order valence-corrected chi connectivity index (χ3v) is 4.10. The van der Waals surface area contributed by atoms with Crippen LogP contribution in [0.15, 0.2) is 22.7 Å². The van der Waals surface area contributed by atoms with Crippen molar-refractivity contribution in [2.24, 2.45) is 11.7 Å². The third kappa shape index (κ3) is 3.23. The summed E-state index contributed by atoms with van der Waals surface area (Å²) in [6, 6.07) is 7.06. The summed E-state index contributed by atoms with van der Waals surface area (Å²) >= 11 is 3.60. The highest BCUT2D eigenvalue weighted by Gasteiger charge is 2.25. The van der Waals surface area contributed by atoms with Crippen LogP contribution in [0.4, 0.5) is 5.69 Å². The molecule has 0 aromatic heterocycles. The van der Waals surface area contributed by atoms with Crippen LogP contribution in [0.3, 0.4) is 0 Å². The molecular weight excluding hydrogens is 276 g/mol. The van der Waals surface area contributed by atoms with Gasteiger partial charge in [0.15, 0.2) is 0 Å². The summed E-state index contributed by atoms with van der Waals surface area (Å²) in [6.07, 6.45) is 2.79. The summed E-state index contributed by atoms with van der Waals surface area (Å²) in [6.45, 7) is 6.29. The first-order chi connectivity index (χ1) is 8.11. The third-order valence-electron chi connectivity index (χ3n) is 3.36. The number of hydrogen-bond acceptors (Lipinski definition) is 2. The molecule has 1 aromatic carbocycles. The number of rotatable bonds is 5. The monoisotopic (exact) mass is 296 g/mol. The lowest BCUT2D eigenvalue weighted by molar-refractivity contribution is 0.644. The first-order valence-corrected chi connectivity index (χ1v) is 7.16. The van der Waals surface area contributed by atoms with E-state index in [-0.39, 0.29) is 0 Å². The van der Waals surface area contributed by atoms with Gasteiger partial charge in [0.25, 0.3) is 0 Å². The Morgan fingerprint density at radius 3 is 2.59 bits per heavy atom. The number of benzene rings is 1. The molecule has 2 N–H and O–H groups in total. The van der Waals surface area contributed by atoms with Crippen molar-refractivity contribution in [3.63, 3.8) is 0 Å². The molecule has 0 unspecified atom stereocenters. The number of anilines is 1. The van der Waals surface area contributed by atoms with Crippen molar-refractivity contribution >= 4 is 21.6 Å². The zero-order valence-corrected chi connectivity index (χ0v) is 12.2. The second-order valence-corrected chi connectivity index (χ2v) is 6.02. The fourth-order valence-electron chi connectivity index (χ4n) is 2.07. The van der Waals surface area contributed by atoms with Gasteiger partial charge in [-0.25, -0.2) is 0 Å². The van der Waals surface area contributed by atoms with E-state index in [1.165, 1.54) is 30.6 Å². The van der Waals surface area contributed by atoms with E-state index in [2.05, 4.69) is 52.9 Å². The minimum Gasteiger partial charge on any atom is -0.369 e. The van der Waals surface area contributed by atoms with Crippen molar-refractivity contribution in [1.82, 2.24) is 0 Å². The Labute approximate surface area is 112 Å². The molecular formula is C14H21BrN2. The highest BCUT2D eigenvalue weighted by molar-refractivity contribution is 9.10. The minimum atomic E-state index is 0.547. The molecule has 3 heteroatoms. The Morgan fingerprint density at radius 2 is 2.12 bits per heavy atom. The van der Waals surface area contributed by atoms with Crippen LogP contribution in [0.5, 0.6) is 0 Å². The quantitative estimate of drug-likeness (QED) is 0.901. The molecule has 0 spiro atoms. The lowest BCUT2D eigenvalue weighted by atomic mass is 10.1. The van der Waals surface area contributed by atoms with Gasteiger partial charge in [0, 0.05) is 29.3 Å². The van der Waals surface area contributed by atoms with Crippen LogP contribution in [0.1, 0.15) is 32.3 Å². The Morgan fingerprint density at radius 1 is 1.41 bits per heavy atom. The lowest BCUT2D eigenvalue weighted by Gasteiger charge is -2.29. The molecule has 0 bridgehead atoms. The van der Waals surface area contributed by atoms with E-state index in [0.29, 0.717) is 12.6 Å². The van der Waals surface area contributed by atoms with Crippen LogP contribution in [-0.2, 0) is 6.54 Å². The topological polar surface area (TPSA) is 29.3 Å². The van der Waals surface area contributed by atoms with Crippen molar-refractivity contribution in [2.75, 3.05) is 11.4 Å². The van der Waals surface area contributed by atoms with Crippen LogP contribution in [0.25, 0.3) is 0 Å². The van der Waals surface area contributed by atoms with E-state index >= 15 is 0 Å². The summed E-state index contributed by atoms with van der Waals surface area (Å²) in [4.78, 5) is 2.49. The zero-order valence-electron chi connectivity index (χ0n) is 10.6. The first-order valence-electron chi connectivity index (χ1n) is 6.37. The maximum atomic E-state index is 5.68. The molecule has 17 heavy (non-hydrogen) atoms. The predicted octanol–water partition coefficient (Wildman–Crippen LogP) is 3.53. The molecule has 0 atom stereocenters. The molecule has 94 valence electrons. The van der Waals surface area contributed by atoms with E-state index in [1.54, 1.807) is 0 Å². The number of halogens is 1. The molecule has 1 saturated carbocycles. The highest BCUT2D eigenvalue weighted by atomic mass is 79.9. The lowest BCUT2D eigenvalue weighted by Crippen LogP contribution is -2.32. The predicted molar refractivity (Wildman–Crippen MR) is 77.2 cm³/mol. The summed E-state index contributed by atoms with van der Waals surface area (Å²) < 4.78 is 1.12. The zero-order chi connectivity index (χ0) is 12.4. The Hall–Kier alpha value is -0.540. The average molecular weight is 297 g/mol. The first kappa shape index (κ1) is 12.9. The van der Waals surface area contributed by atoms with Gasteiger partial charge in [0.05, 0.1) is 0 Å². The maximum Gasteiger partial charge on any atom is 0.0380 e. The van der Waals surface area contributed by atoms with Crippen LogP contribution in [0.2, 0.25) is 0 Å². The van der Waals surface area contributed by atoms with Crippen molar-refractivity contribution in [2.45, 2.75) is 39.3 Å². The molecule has 1 aliphatic carbocycles. The van der Waals surface area contributed by atoms with Crippen LogP contribution < -0.4 is 10.6 Å². The van der Waals surface area contributed by atoms with E-state index < -0.39 is 0 Å². The molecule has 0 aliphatic heterocycles. The van der Waals surface area contributed by atoms with Gasteiger partial charge in [-0.3, -0.25) is 0 Å². The molecule has 1 aliphatic rings. The molecule has 2 rings (SSSR count). The van der Waals surface area contributed by atoms with E-state index in [1.807, 2.05) is 0 Å². The number of nitrogens with two attached hydrogens (primary N) is 1. The Kier molecular flexibility index (Phi) is 4.10. The van der Waals surface area contributed by atoms with Crippen molar-refractivity contribution in [1.29, 1.82) is 0 Å².